The second-order valence-corrected chi connectivity index (χ2v) is 4.61. The summed E-state index contributed by atoms with van der Waals surface area (Å²) in [4.78, 5) is 23.9. The van der Waals surface area contributed by atoms with Crippen molar-refractivity contribution >= 4 is 12.2 Å². The van der Waals surface area contributed by atoms with E-state index < -0.39 is 0 Å². The van der Waals surface area contributed by atoms with Gasteiger partial charge < -0.3 is 19.1 Å². The molecular formula is C15H21NO5. The Kier molecular flexibility index (Phi) is 6.52. The summed E-state index contributed by atoms with van der Waals surface area (Å²) in [6.07, 6.45) is 1.70. The van der Waals surface area contributed by atoms with Crippen LogP contribution in [0, 0.1) is 0 Å². The molecule has 1 aromatic carbocycles. The molecule has 0 saturated heterocycles. The third-order valence-electron chi connectivity index (χ3n) is 2.90. The van der Waals surface area contributed by atoms with Gasteiger partial charge in [-0.2, -0.15) is 0 Å². The van der Waals surface area contributed by atoms with E-state index >= 15 is 0 Å². The minimum Gasteiger partial charge on any atom is -0.493 e. The van der Waals surface area contributed by atoms with Crippen LogP contribution < -0.4 is 14.2 Å². The number of hydrogen-bond acceptors (Lipinski definition) is 5. The third-order valence-corrected chi connectivity index (χ3v) is 2.90. The highest BCUT2D eigenvalue weighted by atomic mass is 16.5. The number of amides is 1. The zero-order valence-corrected chi connectivity index (χ0v) is 12.8. The monoisotopic (exact) mass is 295 g/mol. The first-order valence-electron chi connectivity index (χ1n) is 6.57. The summed E-state index contributed by atoms with van der Waals surface area (Å²) >= 11 is 0. The van der Waals surface area contributed by atoms with Gasteiger partial charge in [-0.3, -0.25) is 9.59 Å². The zero-order chi connectivity index (χ0) is 15.8. The van der Waals surface area contributed by atoms with E-state index in [0.29, 0.717) is 48.5 Å². The largest absolute Gasteiger partial charge is 0.493 e. The average Bonchev–Trinajstić information content (AvgIpc) is 2.50. The number of aldehydes is 1. The van der Waals surface area contributed by atoms with E-state index in [1.807, 2.05) is 0 Å². The van der Waals surface area contributed by atoms with Crippen LogP contribution in [0.5, 0.6) is 17.2 Å². The van der Waals surface area contributed by atoms with Crippen molar-refractivity contribution in [1.29, 1.82) is 0 Å². The molecule has 0 atom stereocenters. The molecule has 1 amide bonds. The van der Waals surface area contributed by atoms with Gasteiger partial charge in [0.1, 0.15) is 6.29 Å². The van der Waals surface area contributed by atoms with Gasteiger partial charge in [0.25, 0.3) is 0 Å². The third kappa shape index (κ3) is 4.66. The minimum atomic E-state index is 0.0498. The maximum atomic E-state index is 11.5. The summed E-state index contributed by atoms with van der Waals surface area (Å²) in [6, 6.07) is 3.16. The summed E-state index contributed by atoms with van der Waals surface area (Å²) in [5.41, 5.74) is 0.443. The molecule has 116 valence electrons. The van der Waals surface area contributed by atoms with Crippen molar-refractivity contribution in [3.63, 3.8) is 0 Å². The molecule has 0 heterocycles. The number of hydrogen-bond donors (Lipinski definition) is 0. The first kappa shape index (κ1) is 16.8. The lowest BCUT2D eigenvalue weighted by molar-refractivity contribution is -0.128. The summed E-state index contributed by atoms with van der Waals surface area (Å²) < 4.78 is 16.1. The molecular weight excluding hydrogens is 274 g/mol. The smallest absolute Gasteiger partial charge is 0.222 e. The number of rotatable bonds is 8. The predicted octanol–water partition coefficient (Wildman–Crippen LogP) is 1.76. The Labute approximate surface area is 124 Å². The van der Waals surface area contributed by atoms with Gasteiger partial charge in [-0.25, -0.2) is 0 Å². The van der Waals surface area contributed by atoms with Crippen LogP contribution >= 0.6 is 0 Å². The molecule has 0 aliphatic rings. The van der Waals surface area contributed by atoms with Gasteiger partial charge in [0.15, 0.2) is 11.5 Å². The van der Waals surface area contributed by atoms with Crippen molar-refractivity contribution in [2.75, 3.05) is 34.9 Å². The highest BCUT2D eigenvalue weighted by molar-refractivity contribution is 5.78. The molecule has 0 spiro atoms. The van der Waals surface area contributed by atoms with Gasteiger partial charge in [0.2, 0.25) is 11.7 Å². The maximum Gasteiger partial charge on any atom is 0.222 e. The Bertz CT molecular complexity index is 474. The Morgan fingerprint density at radius 3 is 2.19 bits per heavy atom. The Hall–Kier alpha value is -2.24. The number of ether oxygens (including phenoxy) is 3. The zero-order valence-electron chi connectivity index (χ0n) is 12.8. The number of carbonyl (C=O) groups excluding carboxylic acids is 2. The normalized spacial score (nSPS) is 9.90. The van der Waals surface area contributed by atoms with Crippen LogP contribution in [-0.2, 0) is 4.79 Å². The van der Waals surface area contributed by atoms with Crippen molar-refractivity contribution in [3.05, 3.63) is 17.7 Å². The molecule has 0 fully saturated rings. The van der Waals surface area contributed by atoms with E-state index in [-0.39, 0.29) is 5.91 Å². The quantitative estimate of drug-likeness (QED) is 0.540. The lowest BCUT2D eigenvalue weighted by atomic mass is 10.2. The Balaban J connectivity index is 2.73. The molecule has 0 radical (unpaired) electrons. The summed E-state index contributed by atoms with van der Waals surface area (Å²) in [7, 11) is 6.42. The molecule has 0 bridgehead atoms. The van der Waals surface area contributed by atoms with Gasteiger partial charge in [0.05, 0.1) is 20.8 Å². The molecule has 0 unspecified atom stereocenters. The van der Waals surface area contributed by atoms with Gasteiger partial charge in [-0.1, -0.05) is 0 Å². The molecule has 21 heavy (non-hydrogen) atoms. The highest BCUT2D eigenvalue weighted by Crippen LogP contribution is 2.38. The lowest BCUT2D eigenvalue weighted by Crippen LogP contribution is -2.21. The molecule has 1 rings (SSSR count). The maximum absolute atomic E-state index is 11.5. The van der Waals surface area contributed by atoms with Crippen molar-refractivity contribution in [3.8, 4) is 17.2 Å². The second-order valence-electron chi connectivity index (χ2n) is 4.61. The van der Waals surface area contributed by atoms with Crippen LogP contribution in [0.4, 0.5) is 0 Å². The van der Waals surface area contributed by atoms with Crippen LogP contribution in [0.15, 0.2) is 12.1 Å². The SMILES string of the molecule is COc1cc(C=O)cc(OC)c1OCCCC(=O)N(C)C. The van der Waals surface area contributed by atoms with Gasteiger partial charge in [0, 0.05) is 26.1 Å². The van der Waals surface area contributed by atoms with Crippen LogP contribution in [-0.4, -0.2) is 52.0 Å². The van der Waals surface area contributed by atoms with E-state index in [1.165, 1.54) is 14.2 Å². The van der Waals surface area contributed by atoms with Crippen LogP contribution in [0.3, 0.4) is 0 Å². The fourth-order valence-electron chi connectivity index (χ4n) is 1.73. The second kappa shape index (κ2) is 8.14. The molecule has 0 aliphatic carbocycles. The molecule has 0 N–H and O–H groups in total. The minimum absolute atomic E-state index is 0.0498. The van der Waals surface area contributed by atoms with Crippen LogP contribution in [0.1, 0.15) is 23.2 Å². The summed E-state index contributed by atoms with van der Waals surface area (Å²) in [5, 5.41) is 0. The first-order valence-corrected chi connectivity index (χ1v) is 6.57. The average molecular weight is 295 g/mol. The molecule has 1 aromatic rings. The first-order chi connectivity index (χ1) is 10.0. The predicted molar refractivity (Wildman–Crippen MR) is 78.4 cm³/mol. The summed E-state index contributed by atoms with van der Waals surface area (Å²) in [5.74, 6) is 1.34. The summed E-state index contributed by atoms with van der Waals surface area (Å²) in [6.45, 7) is 0.354. The van der Waals surface area contributed by atoms with Gasteiger partial charge >= 0.3 is 0 Å². The Morgan fingerprint density at radius 1 is 1.19 bits per heavy atom. The fraction of sp³-hybridized carbons (Fsp3) is 0.467. The van der Waals surface area contributed by atoms with E-state index in [1.54, 1.807) is 31.1 Å². The fourth-order valence-corrected chi connectivity index (χ4v) is 1.73. The number of benzene rings is 1. The number of nitrogens with zero attached hydrogens (tertiary/aromatic N) is 1. The molecule has 0 aliphatic heterocycles. The van der Waals surface area contributed by atoms with Crippen LogP contribution in [0.25, 0.3) is 0 Å². The molecule has 0 saturated carbocycles. The highest BCUT2D eigenvalue weighted by Gasteiger charge is 2.14. The molecule has 0 aromatic heterocycles. The van der Waals surface area contributed by atoms with E-state index in [4.69, 9.17) is 14.2 Å². The standard InChI is InChI=1S/C15H21NO5/c1-16(2)14(18)6-5-7-21-15-12(19-3)8-11(10-17)9-13(15)20-4/h8-10H,5-7H2,1-4H3. The van der Waals surface area contributed by atoms with Gasteiger partial charge in [-0.05, 0) is 18.6 Å². The van der Waals surface area contributed by atoms with Crippen molar-refractivity contribution in [2.45, 2.75) is 12.8 Å². The lowest BCUT2D eigenvalue weighted by Gasteiger charge is -2.15. The van der Waals surface area contributed by atoms with E-state index in [9.17, 15) is 9.59 Å². The number of methoxy groups -OCH3 is 2. The van der Waals surface area contributed by atoms with E-state index in [0.717, 1.165) is 0 Å². The van der Waals surface area contributed by atoms with Gasteiger partial charge in [-0.15, -0.1) is 0 Å². The molecule has 6 nitrogen and oxygen atoms in total. The van der Waals surface area contributed by atoms with Crippen molar-refractivity contribution < 1.29 is 23.8 Å². The number of carbonyl (C=O) groups is 2. The topological polar surface area (TPSA) is 65.1 Å². The van der Waals surface area contributed by atoms with Crippen molar-refractivity contribution in [2.24, 2.45) is 0 Å². The van der Waals surface area contributed by atoms with Crippen molar-refractivity contribution in [1.82, 2.24) is 4.90 Å². The Morgan fingerprint density at radius 2 is 1.76 bits per heavy atom. The van der Waals surface area contributed by atoms with Crippen LogP contribution in [0.2, 0.25) is 0 Å². The molecule has 6 heteroatoms. The van der Waals surface area contributed by atoms with E-state index in [2.05, 4.69) is 0 Å².